The molecule has 0 saturated carbocycles. The third kappa shape index (κ3) is 20.0. The molecule has 0 N–H and O–H groups in total. The molecule has 6 nitrogen and oxygen atoms in total. The minimum atomic E-state index is -4.00. The summed E-state index contributed by atoms with van der Waals surface area (Å²) in [6, 6.07) is 0. The summed E-state index contributed by atoms with van der Waals surface area (Å²) in [6.07, 6.45) is 23.8. The number of unbranched alkanes of at least 4 members (excludes halogenated alkanes) is 10. The third-order valence-electron chi connectivity index (χ3n) is 5.28. The standard InChI is InChI=1S/C17H33N2.C8H19O4P/c1-3-5-7-8-9-10-11-12-14-19-16-15-18(17-19)13-6-4-2;1-3-5-7-11-13(9,10)12-8-6-4-2/h15-17H,3-14H2,1-2H3;3-8H2,1-2H3,(H,9,10)/q+1;/p-1. The highest BCUT2D eigenvalue weighted by Gasteiger charge is 2.07. The number of aromatic nitrogens is 2. The van der Waals surface area contributed by atoms with Crippen LogP contribution in [0.3, 0.4) is 0 Å². The summed E-state index contributed by atoms with van der Waals surface area (Å²) in [5.74, 6) is 0. The van der Waals surface area contributed by atoms with E-state index in [-0.39, 0.29) is 13.2 Å². The van der Waals surface area contributed by atoms with Gasteiger partial charge in [0.25, 0.3) is 7.82 Å². The Morgan fingerprint density at radius 3 is 1.78 bits per heavy atom. The van der Waals surface area contributed by atoms with E-state index in [1.165, 1.54) is 77.3 Å². The quantitative estimate of drug-likeness (QED) is 0.118. The molecule has 1 heterocycles. The topological polar surface area (TPSA) is 67.4 Å². The molecule has 0 spiro atoms. The molecule has 0 aromatic carbocycles. The number of phosphoric ester groups is 1. The van der Waals surface area contributed by atoms with Crippen LogP contribution in [0.15, 0.2) is 18.7 Å². The lowest BCUT2D eigenvalue weighted by Crippen LogP contribution is -2.30. The molecule has 1 aromatic heterocycles. The van der Waals surface area contributed by atoms with E-state index in [9.17, 15) is 9.46 Å². The number of rotatable bonds is 20. The Morgan fingerprint density at radius 2 is 1.25 bits per heavy atom. The summed E-state index contributed by atoms with van der Waals surface area (Å²) in [4.78, 5) is 11.0. The van der Waals surface area contributed by atoms with E-state index in [2.05, 4.69) is 50.8 Å². The van der Waals surface area contributed by atoms with E-state index >= 15 is 0 Å². The molecule has 7 heteroatoms. The van der Waals surface area contributed by atoms with Gasteiger partial charge in [-0.25, -0.2) is 9.13 Å². The summed E-state index contributed by atoms with van der Waals surface area (Å²) in [5.41, 5.74) is 0. The van der Waals surface area contributed by atoms with Crippen LogP contribution in [-0.2, 0) is 26.7 Å². The lowest BCUT2D eigenvalue weighted by Gasteiger charge is -2.22. The van der Waals surface area contributed by atoms with E-state index in [0.29, 0.717) is 0 Å². The highest BCUT2D eigenvalue weighted by Crippen LogP contribution is 2.38. The molecule has 32 heavy (non-hydrogen) atoms. The van der Waals surface area contributed by atoms with Crippen molar-refractivity contribution in [2.24, 2.45) is 0 Å². The first-order valence-electron chi connectivity index (χ1n) is 13.1. The Labute approximate surface area is 198 Å². The molecule has 0 aliphatic rings. The van der Waals surface area contributed by atoms with Crippen molar-refractivity contribution in [3.05, 3.63) is 18.7 Å². The van der Waals surface area contributed by atoms with Gasteiger partial charge in [-0.2, -0.15) is 0 Å². The van der Waals surface area contributed by atoms with E-state index in [4.69, 9.17) is 0 Å². The maximum absolute atomic E-state index is 11.0. The van der Waals surface area contributed by atoms with Crippen LogP contribution in [0.25, 0.3) is 0 Å². The first-order chi connectivity index (χ1) is 15.5. The smallest absolute Gasteiger partial charge is 0.267 e. The second-order valence-corrected chi connectivity index (χ2v) is 9.95. The van der Waals surface area contributed by atoms with E-state index in [1.54, 1.807) is 0 Å². The van der Waals surface area contributed by atoms with Gasteiger partial charge in [-0.05, 0) is 32.1 Å². The minimum absolute atomic E-state index is 0.226. The minimum Gasteiger partial charge on any atom is -0.756 e. The molecular formula is C25H51N2O4P. The Balaban J connectivity index is 0.000000649. The van der Waals surface area contributed by atoms with Crippen LogP contribution in [-0.4, -0.2) is 17.8 Å². The summed E-state index contributed by atoms with van der Waals surface area (Å²) in [7, 11) is -4.00. The predicted octanol–water partition coefficient (Wildman–Crippen LogP) is 6.80. The normalized spacial score (nSPS) is 11.4. The number of aryl methyl sites for hydroxylation is 2. The zero-order valence-corrected chi connectivity index (χ0v) is 22.3. The average molecular weight is 475 g/mol. The van der Waals surface area contributed by atoms with Gasteiger partial charge >= 0.3 is 0 Å². The van der Waals surface area contributed by atoms with Gasteiger partial charge in [0.2, 0.25) is 6.33 Å². The zero-order valence-electron chi connectivity index (χ0n) is 21.4. The Kier molecular flexibility index (Phi) is 21.7. The number of imidazole rings is 1. The lowest BCUT2D eigenvalue weighted by atomic mass is 10.1. The van der Waals surface area contributed by atoms with Gasteiger partial charge in [0.05, 0.1) is 26.3 Å². The molecule has 0 radical (unpaired) electrons. The second-order valence-electron chi connectivity index (χ2n) is 8.54. The van der Waals surface area contributed by atoms with Gasteiger partial charge in [0.15, 0.2) is 0 Å². The van der Waals surface area contributed by atoms with Gasteiger partial charge in [0.1, 0.15) is 12.4 Å². The van der Waals surface area contributed by atoms with Crippen molar-refractivity contribution >= 4 is 7.82 Å². The third-order valence-corrected chi connectivity index (χ3v) is 6.28. The maximum atomic E-state index is 11.0. The molecule has 0 saturated heterocycles. The largest absolute Gasteiger partial charge is 0.756 e. The van der Waals surface area contributed by atoms with Crippen LogP contribution in [0.2, 0.25) is 0 Å². The lowest BCUT2D eigenvalue weighted by molar-refractivity contribution is -0.696. The van der Waals surface area contributed by atoms with Crippen LogP contribution < -0.4 is 9.46 Å². The highest BCUT2D eigenvalue weighted by atomic mass is 31.2. The van der Waals surface area contributed by atoms with Gasteiger partial charge in [-0.1, -0.05) is 85.5 Å². The first-order valence-corrected chi connectivity index (χ1v) is 14.6. The number of hydrogen-bond acceptors (Lipinski definition) is 4. The summed E-state index contributed by atoms with van der Waals surface area (Å²) in [5, 5.41) is 0. The Morgan fingerprint density at radius 1 is 0.750 bits per heavy atom. The van der Waals surface area contributed by atoms with E-state index < -0.39 is 7.82 Å². The van der Waals surface area contributed by atoms with Crippen molar-refractivity contribution in [2.75, 3.05) is 13.2 Å². The maximum Gasteiger partial charge on any atom is 0.267 e. The summed E-state index contributed by atoms with van der Waals surface area (Å²) in [6.45, 7) is 11.3. The highest BCUT2D eigenvalue weighted by molar-refractivity contribution is 7.45. The van der Waals surface area contributed by atoms with Gasteiger partial charge in [-0.3, -0.25) is 4.57 Å². The number of phosphoric acid groups is 1. The molecule has 0 bridgehead atoms. The molecule has 0 aliphatic carbocycles. The predicted molar refractivity (Wildman–Crippen MR) is 131 cm³/mol. The van der Waals surface area contributed by atoms with Crippen molar-refractivity contribution in [3.63, 3.8) is 0 Å². The van der Waals surface area contributed by atoms with Crippen LogP contribution in [0.4, 0.5) is 0 Å². The monoisotopic (exact) mass is 474 g/mol. The summed E-state index contributed by atoms with van der Waals surface area (Å²) >= 11 is 0. The van der Waals surface area contributed by atoms with Crippen molar-refractivity contribution in [2.45, 2.75) is 131 Å². The molecule has 1 aromatic rings. The van der Waals surface area contributed by atoms with Crippen molar-refractivity contribution in [1.29, 1.82) is 0 Å². The van der Waals surface area contributed by atoms with Crippen molar-refractivity contribution in [1.82, 2.24) is 4.57 Å². The van der Waals surface area contributed by atoms with Crippen LogP contribution in [0, 0.1) is 0 Å². The summed E-state index contributed by atoms with van der Waals surface area (Å²) < 4.78 is 24.8. The Hall–Kier alpha value is -0.680. The molecule has 1 rings (SSSR count). The SMILES string of the molecule is CCCCCCCCCC[n+]1ccn(CCCC)c1.CCCCOP(=O)([O-])OCCCC. The van der Waals surface area contributed by atoms with Gasteiger partial charge < -0.3 is 13.9 Å². The second kappa shape index (κ2) is 22.1. The Bertz CT molecular complexity index is 552. The number of nitrogens with zero attached hydrogens (tertiary/aromatic N) is 2. The molecule has 0 atom stereocenters. The fraction of sp³-hybridized carbons (Fsp3) is 0.880. The molecule has 0 amide bonds. The van der Waals surface area contributed by atoms with Crippen LogP contribution in [0.5, 0.6) is 0 Å². The van der Waals surface area contributed by atoms with Crippen molar-refractivity contribution < 1.29 is 23.1 Å². The van der Waals surface area contributed by atoms with Gasteiger partial charge in [0, 0.05) is 0 Å². The fourth-order valence-electron chi connectivity index (χ4n) is 3.15. The molecule has 190 valence electrons. The zero-order chi connectivity index (χ0) is 23.9. The van der Waals surface area contributed by atoms with E-state index in [0.717, 1.165) is 25.7 Å². The fourth-order valence-corrected chi connectivity index (χ4v) is 3.93. The van der Waals surface area contributed by atoms with Crippen LogP contribution in [0.1, 0.15) is 118 Å². The molecule has 0 aliphatic heterocycles. The molecule has 0 unspecified atom stereocenters. The first kappa shape index (κ1) is 31.3. The van der Waals surface area contributed by atoms with Crippen LogP contribution >= 0.6 is 7.82 Å². The van der Waals surface area contributed by atoms with E-state index in [1.807, 2.05) is 13.8 Å². The number of hydrogen-bond donors (Lipinski definition) is 0. The average Bonchev–Trinajstić information content (AvgIpc) is 3.22. The van der Waals surface area contributed by atoms with Crippen molar-refractivity contribution in [3.8, 4) is 0 Å². The molecular weight excluding hydrogens is 423 g/mol. The van der Waals surface area contributed by atoms with Gasteiger partial charge in [-0.15, -0.1) is 0 Å². The molecule has 0 fully saturated rings.